The Bertz CT molecular complexity index is 449. The van der Waals surface area contributed by atoms with E-state index in [1.54, 1.807) is 18.4 Å². The number of benzene rings is 1. The average Bonchev–Trinajstić information content (AvgIpc) is 2.31. The van der Waals surface area contributed by atoms with Gasteiger partial charge in [0.25, 0.3) is 5.91 Å². The fourth-order valence-corrected chi connectivity index (χ4v) is 1.51. The zero-order valence-corrected chi connectivity index (χ0v) is 10.3. The number of thiol groups is 1. The summed E-state index contributed by atoms with van der Waals surface area (Å²) in [6, 6.07) is 10.8. The Labute approximate surface area is 104 Å². The summed E-state index contributed by atoms with van der Waals surface area (Å²) in [4.78, 5) is 11.7. The van der Waals surface area contributed by atoms with Crippen molar-refractivity contribution in [2.45, 2.75) is 0 Å². The van der Waals surface area contributed by atoms with Crippen molar-refractivity contribution in [2.75, 3.05) is 11.6 Å². The number of nitriles is 1. The number of hydrogen-bond acceptors (Lipinski definition) is 4. The van der Waals surface area contributed by atoms with Crippen molar-refractivity contribution in [1.82, 2.24) is 0 Å². The third kappa shape index (κ3) is 3.33. The van der Waals surface area contributed by atoms with Crippen molar-refractivity contribution in [3.05, 3.63) is 40.1 Å². The van der Waals surface area contributed by atoms with E-state index in [1.807, 2.05) is 24.3 Å². The summed E-state index contributed by atoms with van der Waals surface area (Å²) in [5.74, 6) is -0.437. The summed E-state index contributed by atoms with van der Waals surface area (Å²) in [6.45, 7) is 0. The van der Waals surface area contributed by atoms with Crippen LogP contribution >= 0.6 is 24.4 Å². The van der Waals surface area contributed by atoms with Crippen LogP contribution in [0, 0.1) is 11.3 Å². The molecule has 1 N–H and O–H groups in total. The van der Waals surface area contributed by atoms with E-state index in [-0.39, 0.29) is 5.57 Å². The second-order valence-electron chi connectivity index (χ2n) is 2.82. The van der Waals surface area contributed by atoms with Gasteiger partial charge >= 0.3 is 0 Å². The van der Waals surface area contributed by atoms with Crippen LogP contribution in [0.3, 0.4) is 0 Å². The Morgan fingerprint density at radius 3 is 2.56 bits per heavy atom. The van der Waals surface area contributed by atoms with Crippen molar-refractivity contribution < 1.29 is 4.79 Å². The lowest BCUT2D eigenvalue weighted by molar-refractivity contribution is -0.112. The van der Waals surface area contributed by atoms with Crippen LogP contribution in [-0.2, 0) is 4.79 Å². The average molecular weight is 250 g/mol. The monoisotopic (exact) mass is 250 g/mol. The first-order valence-electron chi connectivity index (χ1n) is 4.42. The van der Waals surface area contributed by atoms with Gasteiger partial charge in [-0.2, -0.15) is 5.26 Å². The van der Waals surface area contributed by atoms with E-state index in [0.717, 1.165) is 0 Å². The quantitative estimate of drug-likeness (QED) is 0.492. The van der Waals surface area contributed by atoms with Crippen LogP contribution in [0.5, 0.6) is 0 Å². The van der Waals surface area contributed by atoms with E-state index in [4.69, 9.17) is 5.26 Å². The predicted molar refractivity (Wildman–Crippen MR) is 70.2 cm³/mol. The highest BCUT2D eigenvalue weighted by Crippen LogP contribution is 2.21. The van der Waals surface area contributed by atoms with Gasteiger partial charge in [-0.25, -0.2) is 0 Å². The Balaban J connectivity index is 2.85. The summed E-state index contributed by atoms with van der Waals surface area (Å²) in [5, 5.41) is 11.5. The number of rotatable bonds is 3. The molecular weight excluding hydrogens is 240 g/mol. The number of thioether (sulfide) groups is 1. The smallest absolute Gasteiger partial charge is 0.268 e. The van der Waals surface area contributed by atoms with E-state index in [1.165, 1.54) is 11.8 Å². The topological polar surface area (TPSA) is 52.9 Å². The molecule has 1 aromatic carbocycles. The first-order valence-corrected chi connectivity index (χ1v) is 6.10. The summed E-state index contributed by atoms with van der Waals surface area (Å²) in [6.07, 6.45) is 1.76. The Hall–Kier alpha value is -1.38. The lowest BCUT2D eigenvalue weighted by Crippen LogP contribution is -2.14. The standard InChI is InChI=1S/C11H10N2OS2/c1-16-11(15)9(7-12)10(14)13-8-5-3-2-4-6-8/h2-6,15H,1H3,(H,13,14). The minimum atomic E-state index is -0.437. The molecule has 3 nitrogen and oxygen atoms in total. The highest BCUT2D eigenvalue weighted by atomic mass is 32.2. The zero-order valence-electron chi connectivity index (χ0n) is 8.60. The number of nitrogens with one attached hydrogen (secondary N) is 1. The molecule has 0 spiro atoms. The van der Waals surface area contributed by atoms with E-state index in [0.29, 0.717) is 9.92 Å². The molecule has 0 atom stereocenters. The first kappa shape index (κ1) is 12.7. The molecule has 1 rings (SSSR count). The molecule has 0 radical (unpaired) electrons. The van der Waals surface area contributed by atoms with E-state index < -0.39 is 5.91 Å². The largest absolute Gasteiger partial charge is 0.321 e. The minimum absolute atomic E-state index is 0.0275. The number of anilines is 1. The van der Waals surface area contributed by atoms with Gasteiger partial charge in [0.05, 0.1) is 4.24 Å². The van der Waals surface area contributed by atoms with Gasteiger partial charge < -0.3 is 5.32 Å². The molecule has 0 saturated heterocycles. The van der Waals surface area contributed by atoms with Crippen LogP contribution in [0.25, 0.3) is 0 Å². The normalized spacial score (nSPS) is 11.3. The third-order valence-corrected chi connectivity index (χ3v) is 3.14. The van der Waals surface area contributed by atoms with Crippen LogP contribution in [0.4, 0.5) is 5.69 Å². The summed E-state index contributed by atoms with van der Waals surface area (Å²) in [5.41, 5.74) is 0.683. The van der Waals surface area contributed by atoms with Gasteiger partial charge in [0.1, 0.15) is 11.6 Å². The first-order chi connectivity index (χ1) is 7.69. The van der Waals surface area contributed by atoms with Crippen LogP contribution in [0.15, 0.2) is 40.1 Å². The van der Waals surface area contributed by atoms with Gasteiger partial charge in [-0.3, -0.25) is 4.79 Å². The Morgan fingerprint density at radius 2 is 2.06 bits per heavy atom. The highest BCUT2D eigenvalue weighted by Gasteiger charge is 2.12. The molecule has 0 aromatic heterocycles. The molecule has 5 heteroatoms. The van der Waals surface area contributed by atoms with Crippen molar-refractivity contribution >= 4 is 36.0 Å². The van der Waals surface area contributed by atoms with Gasteiger partial charge in [0.2, 0.25) is 0 Å². The summed E-state index contributed by atoms with van der Waals surface area (Å²) in [7, 11) is 0. The zero-order chi connectivity index (χ0) is 12.0. The Morgan fingerprint density at radius 1 is 1.44 bits per heavy atom. The molecule has 0 bridgehead atoms. The summed E-state index contributed by atoms with van der Waals surface area (Å²) < 4.78 is 0.413. The number of nitrogens with zero attached hydrogens (tertiary/aromatic N) is 1. The van der Waals surface area contributed by atoms with Crippen LogP contribution in [-0.4, -0.2) is 12.2 Å². The number of carbonyl (C=O) groups excluding carboxylic acids is 1. The molecule has 0 aliphatic rings. The molecule has 0 heterocycles. The van der Waals surface area contributed by atoms with Crippen LogP contribution < -0.4 is 5.32 Å². The molecule has 82 valence electrons. The number of hydrogen-bond donors (Lipinski definition) is 2. The minimum Gasteiger partial charge on any atom is -0.321 e. The molecule has 1 amide bonds. The molecule has 0 unspecified atom stereocenters. The fourth-order valence-electron chi connectivity index (χ4n) is 1.01. The number of para-hydroxylation sites is 1. The number of amides is 1. The Kier molecular flexibility index (Phi) is 4.96. The third-order valence-electron chi connectivity index (χ3n) is 1.78. The van der Waals surface area contributed by atoms with Gasteiger partial charge in [-0.1, -0.05) is 18.2 Å². The highest BCUT2D eigenvalue weighted by molar-refractivity contribution is 8.15. The van der Waals surface area contributed by atoms with Crippen LogP contribution in [0.1, 0.15) is 0 Å². The van der Waals surface area contributed by atoms with Crippen molar-refractivity contribution in [3.8, 4) is 6.07 Å². The van der Waals surface area contributed by atoms with Gasteiger partial charge in [0.15, 0.2) is 0 Å². The maximum atomic E-state index is 11.7. The lowest BCUT2D eigenvalue weighted by atomic mass is 10.3. The number of carbonyl (C=O) groups is 1. The van der Waals surface area contributed by atoms with Gasteiger partial charge in [-0.15, -0.1) is 24.4 Å². The van der Waals surface area contributed by atoms with Gasteiger partial charge in [-0.05, 0) is 18.4 Å². The van der Waals surface area contributed by atoms with E-state index in [2.05, 4.69) is 17.9 Å². The maximum absolute atomic E-state index is 11.7. The fraction of sp³-hybridized carbons (Fsp3) is 0.0909. The molecule has 16 heavy (non-hydrogen) atoms. The lowest BCUT2D eigenvalue weighted by Gasteiger charge is -2.04. The molecule has 0 aliphatic carbocycles. The molecule has 0 aliphatic heterocycles. The molecular formula is C11H10N2OS2. The van der Waals surface area contributed by atoms with Gasteiger partial charge in [0, 0.05) is 5.69 Å². The van der Waals surface area contributed by atoms with E-state index in [9.17, 15) is 4.79 Å². The SMILES string of the molecule is CSC(S)=C(C#N)C(=O)Nc1ccccc1. The molecule has 0 fully saturated rings. The van der Waals surface area contributed by atoms with Crippen molar-refractivity contribution in [3.63, 3.8) is 0 Å². The molecule has 1 aromatic rings. The maximum Gasteiger partial charge on any atom is 0.268 e. The van der Waals surface area contributed by atoms with E-state index >= 15 is 0 Å². The van der Waals surface area contributed by atoms with Crippen molar-refractivity contribution in [2.24, 2.45) is 0 Å². The van der Waals surface area contributed by atoms with Crippen LogP contribution in [0.2, 0.25) is 0 Å². The molecule has 0 saturated carbocycles. The predicted octanol–water partition coefficient (Wildman–Crippen LogP) is 2.65. The second-order valence-corrected chi connectivity index (χ2v) is 4.38. The second kappa shape index (κ2) is 6.26. The summed E-state index contributed by atoms with van der Waals surface area (Å²) >= 11 is 5.33. The van der Waals surface area contributed by atoms with Crippen molar-refractivity contribution in [1.29, 1.82) is 5.26 Å².